The minimum Gasteiger partial charge on any atom is -0.376 e. The van der Waals surface area contributed by atoms with Crippen molar-refractivity contribution in [3.63, 3.8) is 0 Å². The molecule has 1 N–H and O–H groups in total. The van der Waals surface area contributed by atoms with Gasteiger partial charge in [0.25, 0.3) is 0 Å². The van der Waals surface area contributed by atoms with Gasteiger partial charge in [0.2, 0.25) is 0 Å². The van der Waals surface area contributed by atoms with Crippen LogP contribution >= 0.6 is 23.2 Å². The number of urea groups is 1. The van der Waals surface area contributed by atoms with E-state index in [-0.39, 0.29) is 19.2 Å². The lowest BCUT2D eigenvalue weighted by Gasteiger charge is -2.45. The van der Waals surface area contributed by atoms with Gasteiger partial charge < -0.3 is 9.84 Å². The molecule has 2 fully saturated rings. The fraction of sp³-hybridized carbons (Fsp3) is 0.235. The number of rotatable bonds is 2. The van der Waals surface area contributed by atoms with E-state index in [4.69, 9.17) is 27.9 Å². The van der Waals surface area contributed by atoms with Crippen LogP contribution in [-0.4, -0.2) is 36.1 Å². The van der Waals surface area contributed by atoms with Gasteiger partial charge in [0.15, 0.2) is 6.23 Å². The molecule has 2 aliphatic rings. The van der Waals surface area contributed by atoms with Gasteiger partial charge in [-0.05, 0) is 48.5 Å². The first-order chi connectivity index (χ1) is 11.5. The third-order valence-corrected chi connectivity index (χ3v) is 4.97. The number of benzene rings is 2. The quantitative estimate of drug-likeness (QED) is 0.886. The van der Waals surface area contributed by atoms with Crippen molar-refractivity contribution in [3.05, 3.63) is 58.6 Å². The van der Waals surface area contributed by atoms with Crippen molar-refractivity contribution >= 4 is 40.6 Å². The molecule has 0 radical (unpaired) electrons. The Labute approximate surface area is 148 Å². The SMILES string of the molecule is O=C1N(c2ccc(Cl)cc2)C(O)C2(COC2)N1c1ccc(Cl)cc1. The number of aliphatic hydroxyl groups excluding tert-OH is 1. The number of hydrogen-bond donors (Lipinski definition) is 1. The van der Waals surface area contributed by atoms with Crippen molar-refractivity contribution in [1.82, 2.24) is 0 Å². The molecule has 0 aromatic heterocycles. The second-order valence-electron chi connectivity index (χ2n) is 5.91. The van der Waals surface area contributed by atoms with Crippen LogP contribution in [0.2, 0.25) is 10.0 Å². The molecule has 5 nitrogen and oxygen atoms in total. The van der Waals surface area contributed by atoms with E-state index in [1.165, 1.54) is 4.90 Å². The van der Waals surface area contributed by atoms with Gasteiger partial charge in [0.1, 0.15) is 5.54 Å². The number of nitrogens with zero attached hydrogens (tertiary/aromatic N) is 2. The summed E-state index contributed by atoms with van der Waals surface area (Å²) < 4.78 is 5.33. The van der Waals surface area contributed by atoms with Gasteiger partial charge in [-0.15, -0.1) is 0 Å². The van der Waals surface area contributed by atoms with Gasteiger partial charge >= 0.3 is 6.03 Å². The number of ether oxygens (including phenoxy) is 1. The zero-order valence-corrected chi connectivity index (χ0v) is 14.0. The number of carbonyl (C=O) groups excluding carboxylic acids is 1. The second kappa shape index (κ2) is 5.63. The average Bonchev–Trinajstić information content (AvgIpc) is 2.77. The van der Waals surface area contributed by atoms with E-state index in [9.17, 15) is 9.90 Å². The Hall–Kier alpha value is -1.79. The first kappa shape index (κ1) is 15.7. The molecular formula is C17H14Cl2N2O3. The highest BCUT2D eigenvalue weighted by molar-refractivity contribution is 6.31. The van der Waals surface area contributed by atoms with Crippen molar-refractivity contribution in [2.45, 2.75) is 11.8 Å². The van der Waals surface area contributed by atoms with Crippen LogP contribution in [0.1, 0.15) is 0 Å². The lowest BCUT2D eigenvalue weighted by Crippen LogP contribution is -2.65. The number of halogens is 2. The third-order valence-electron chi connectivity index (χ3n) is 4.46. The summed E-state index contributed by atoms with van der Waals surface area (Å²) in [5, 5.41) is 12.0. The van der Waals surface area contributed by atoms with Crippen molar-refractivity contribution in [2.75, 3.05) is 23.0 Å². The fourth-order valence-corrected chi connectivity index (χ4v) is 3.41. The molecule has 7 heteroatoms. The van der Waals surface area contributed by atoms with Crippen molar-refractivity contribution < 1.29 is 14.6 Å². The van der Waals surface area contributed by atoms with E-state index in [0.717, 1.165) is 0 Å². The maximum absolute atomic E-state index is 13.1. The van der Waals surface area contributed by atoms with Crippen molar-refractivity contribution in [3.8, 4) is 0 Å². The van der Waals surface area contributed by atoms with Crippen LogP contribution in [0.15, 0.2) is 48.5 Å². The van der Waals surface area contributed by atoms with E-state index in [1.54, 1.807) is 53.4 Å². The molecule has 1 atom stereocenters. The van der Waals surface area contributed by atoms with E-state index in [1.807, 2.05) is 0 Å². The predicted molar refractivity (Wildman–Crippen MR) is 92.8 cm³/mol. The van der Waals surface area contributed by atoms with Gasteiger partial charge in [-0.25, -0.2) is 4.79 Å². The number of amides is 2. The molecule has 2 aromatic carbocycles. The summed E-state index contributed by atoms with van der Waals surface area (Å²) in [6.07, 6.45) is -1.02. The number of aliphatic hydroxyl groups is 1. The Morgan fingerprint density at radius 1 is 0.958 bits per heavy atom. The Bertz CT molecular complexity index is 775. The lowest BCUT2D eigenvalue weighted by atomic mass is 9.93. The molecular weight excluding hydrogens is 351 g/mol. The topological polar surface area (TPSA) is 53.0 Å². The largest absolute Gasteiger partial charge is 0.376 e. The van der Waals surface area contributed by atoms with E-state index >= 15 is 0 Å². The summed E-state index contributed by atoms with van der Waals surface area (Å²) in [6.45, 7) is 0.541. The number of anilines is 2. The zero-order chi connectivity index (χ0) is 16.9. The molecule has 2 heterocycles. The number of hydrogen-bond acceptors (Lipinski definition) is 3. The van der Waals surface area contributed by atoms with Crippen LogP contribution in [0, 0.1) is 0 Å². The van der Waals surface area contributed by atoms with Crippen LogP contribution in [0.25, 0.3) is 0 Å². The summed E-state index contributed by atoms with van der Waals surface area (Å²) in [7, 11) is 0. The molecule has 1 unspecified atom stereocenters. The molecule has 2 amide bonds. The van der Waals surface area contributed by atoms with Gasteiger partial charge in [0.05, 0.1) is 13.2 Å². The summed E-state index contributed by atoms with van der Waals surface area (Å²) in [6, 6.07) is 13.4. The van der Waals surface area contributed by atoms with Gasteiger partial charge in [0, 0.05) is 21.4 Å². The van der Waals surface area contributed by atoms with E-state index in [0.29, 0.717) is 21.4 Å². The molecule has 24 heavy (non-hydrogen) atoms. The lowest BCUT2D eigenvalue weighted by molar-refractivity contribution is -0.0980. The highest BCUT2D eigenvalue weighted by Gasteiger charge is 2.62. The molecule has 2 saturated heterocycles. The molecule has 0 saturated carbocycles. The minimum absolute atomic E-state index is 0.270. The van der Waals surface area contributed by atoms with Crippen molar-refractivity contribution in [1.29, 1.82) is 0 Å². The Morgan fingerprint density at radius 2 is 1.46 bits per heavy atom. The maximum atomic E-state index is 13.1. The first-order valence-electron chi connectivity index (χ1n) is 7.43. The minimum atomic E-state index is -1.02. The number of carbonyl (C=O) groups is 1. The Morgan fingerprint density at radius 3 is 1.92 bits per heavy atom. The summed E-state index contributed by atoms with van der Waals surface area (Å²) in [5.41, 5.74) is 0.452. The smallest absolute Gasteiger partial charge is 0.332 e. The van der Waals surface area contributed by atoms with E-state index < -0.39 is 11.8 Å². The standard InChI is InChI=1S/C17H14Cl2N2O3/c18-11-1-5-13(6-2-11)20-15(22)17(9-24-10-17)21(16(20)23)14-7-3-12(19)4-8-14/h1-8,15,22H,9-10H2. The normalized spacial score (nSPS) is 22.1. The van der Waals surface area contributed by atoms with Crippen molar-refractivity contribution in [2.24, 2.45) is 0 Å². The van der Waals surface area contributed by atoms with Crippen LogP contribution in [0.3, 0.4) is 0 Å². The first-order valence-corrected chi connectivity index (χ1v) is 8.19. The molecule has 2 aliphatic heterocycles. The monoisotopic (exact) mass is 364 g/mol. The summed E-state index contributed by atoms with van der Waals surface area (Å²) in [4.78, 5) is 16.0. The Balaban J connectivity index is 1.78. The summed E-state index contributed by atoms with van der Waals surface area (Å²) >= 11 is 11.9. The molecule has 2 aromatic rings. The van der Waals surface area contributed by atoms with E-state index in [2.05, 4.69) is 0 Å². The van der Waals surface area contributed by atoms with Gasteiger partial charge in [-0.1, -0.05) is 23.2 Å². The van der Waals surface area contributed by atoms with Gasteiger partial charge in [-0.3, -0.25) is 9.80 Å². The molecule has 0 aliphatic carbocycles. The highest BCUT2D eigenvalue weighted by Crippen LogP contribution is 2.43. The highest BCUT2D eigenvalue weighted by atomic mass is 35.5. The third kappa shape index (κ3) is 2.20. The average molecular weight is 365 g/mol. The Kier molecular flexibility index (Phi) is 3.69. The fourth-order valence-electron chi connectivity index (χ4n) is 3.16. The molecule has 124 valence electrons. The molecule has 4 rings (SSSR count). The van der Waals surface area contributed by atoms with Crippen LogP contribution in [0.4, 0.5) is 16.2 Å². The van der Waals surface area contributed by atoms with Crippen LogP contribution in [0.5, 0.6) is 0 Å². The summed E-state index contributed by atoms with van der Waals surface area (Å²) in [5.74, 6) is 0. The maximum Gasteiger partial charge on any atom is 0.332 e. The van der Waals surface area contributed by atoms with Crippen LogP contribution in [-0.2, 0) is 4.74 Å². The zero-order valence-electron chi connectivity index (χ0n) is 12.5. The predicted octanol–water partition coefficient (Wildman–Crippen LogP) is 3.53. The molecule has 0 bridgehead atoms. The van der Waals surface area contributed by atoms with Gasteiger partial charge in [-0.2, -0.15) is 0 Å². The second-order valence-corrected chi connectivity index (χ2v) is 6.78. The molecule has 1 spiro atoms. The van der Waals surface area contributed by atoms with Crippen LogP contribution < -0.4 is 9.80 Å².